The monoisotopic (exact) mass is 452 g/mol. The second-order valence-corrected chi connectivity index (χ2v) is 7.50. The van der Waals surface area contributed by atoms with E-state index in [9.17, 15) is 24.6 Å². The SMILES string of the molecule is O=C1C=C[N+](NC(=O)c2ccccc2N=Nc2ccccc2)([C@H]2C[C@H](O)[C@@H](CO)O2)C(=O)N1. The van der Waals surface area contributed by atoms with Crippen LogP contribution in [-0.4, -0.2) is 57.7 Å². The Hall–Kier alpha value is -3.77. The number of hydrogen-bond acceptors (Lipinski definition) is 8. The number of aliphatic hydroxyl groups is 2. The Morgan fingerprint density at radius 2 is 1.85 bits per heavy atom. The second-order valence-electron chi connectivity index (χ2n) is 7.50. The van der Waals surface area contributed by atoms with Crippen molar-refractivity contribution in [1.82, 2.24) is 10.7 Å². The minimum atomic E-state index is -1.08. The van der Waals surface area contributed by atoms with Gasteiger partial charge in [-0.3, -0.25) is 9.59 Å². The summed E-state index contributed by atoms with van der Waals surface area (Å²) < 4.78 is 4.71. The lowest BCUT2D eigenvalue weighted by molar-refractivity contribution is -0.885. The molecule has 2 aromatic rings. The Labute approximate surface area is 188 Å². The van der Waals surface area contributed by atoms with E-state index in [0.29, 0.717) is 5.69 Å². The first-order chi connectivity index (χ1) is 15.9. The van der Waals surface area contributed by atoms with Gasteiger partial charge in [0.15, 0.2) is 0 Å². The average molecular weight is 452 g/mol. The van der Waals surface area contributed by atoms with Crippen molar-refractivity contribution < 1.29 is 33.9 Å². The Morgan fingerprint density at radius 1 is 1.12 bits per heavy atom. The number of ether oxygens (including phenoxy) is 1. The summed E-state index contributed by atoms with van der Waals surface area (Å²) in [4.78, 5) is 37.8. The standard InChI is InChI=1S/C22H21N5O6/c28-13-18-17(29)12-20(33-18)27(11-10-19(30)23-22(27)32)26-21(31)15-8-4-5-9-16(15)25-24-14-6-2-1-3-7-14/h1-11,17-18,20,28-29H,12-13H2,(H-,23,26,30,31,32)/p+1/t17-,18+,20+,27?/m0/s1. The Balaban J connectivity index is 1.65. The molecule has 2 heterocycles. The van der Waals surface area contributed by atoms with E-state index in [4.69, 9.17) is 4.74 Å². The number of nitrogens with zero attached hydrogens (tertiary/aromatic N) is 3. The lowest BCUT2D eigenvalue weighted by Crippen LogP contribution is -2.70. The van der Waals surface area contributed by atoms with Gasteiger partial charge in [0, 0.05) is 0 Å². The Morgan fingerprint density at radius 3 is 2.55 bits per heavy atom. The molecule has 0 saturated carbocycles. The fourth-order valence-corrected chi connectivity index (χ4v) is 3.60. The van der Waals surface area contributed by atoms with Crippen LogP contribution in [-0.2, 0) is 9.53 Å². The molecule has 0 aromatic heterocycles. The fraction of sp³-hybridized carbons (Fsp3) is 0.227. The van der Waals surface area contributed by atoms with Gasteiger partial charge in [0.25, 0.3) is 11.8 Å². The molecular weight excluding hydrogens is 430 g/mol. The fourth-order valence-electron chi connectivity index (χ4n) is 3.60. The number of hydrogen-bond donors (Lipinski definition) is 4. The van der Waals surface area contributed by atoms with Crippen molar-refractivity contribution in [2.24, 2.45) is 10.2 Å². The maximum absolute atomic E-state index is 13.3. The molecule has 2 aromatic carbocycles. The lowest BCUT2D eigenvalue weighted by Gasteiger charge is -2.36. The van der Waals surface area contributed by atoms with Crippen LogP contribution in [0.2, 0.25) is 0 Å². The summed E-state index contributed by atoms with van der Waals surface area (Å²) in [5, 5.41) is 30.0. The normalized spacial score (nSPS) is 27.0. The summed E-state index contributed by atoms with van der Waals surface area (Å²) in [6.07, 6.45) is -0.865. The third kappa shape index (κ3) is 4.56. The van der Waals surface area contributed by atoms with Gasteiger partial charge in [-0.2, -0.15) is 10.5 Å². The van der Waals surface area contributed by atoms with E-state index in [1.165, 1.54) is 12.3 Å². The number of urea groups is 1. The number of azo groups is 1. The van der Waals surface area contributed by atoms with Crippen LogP contribution < -0.4 is 10.7 Å². The first-order valence-electron chi connectivity index (χ1n) is 10.2. The highest BCUT2D eigenvalue weighted by Crippen LogP contribution is 2.30. The van der Waals surface area contributed by atoms with Gasteiger partial charge in [0.2, 0.25) is 6.23 Å². The third-order valence-corrected chi connectivity index (χ3v) is 5.33. The van der Waals surface area contributed by atoms with E-state index in [1.807, 2.05) is 6.07 Å². The number of nitrogens with one attached hydrogen (secondary N) is 2. The van der Waals surface area contributed by atoms with Crippen LogP contribution in [0.1, 0.15) is 16.8 Å². The zero-order valence-electron chi connectivity index (χ0n) is 17.4. The lowest BCUT2D eigenvalue weighted by atomic mass is 10.1. The van der Waals surface area contributed by atoms with E-state index < -0.39 is 47.5 Å². The van der Waals surface area contributed by atoms with Crippen molar-refractivity contribution in [3.8, 4) is 0 Å². The molecule has 4 rings (SSSR count). The van der Waals surface area contributed by atoms with Crippen molar-refractivity contribution >= 4 is 29.2 Å². The first kappa shape index (κ1) is 22.4. The number of rotatable bonds is 6. The first-order valence-corrected chi connectivity index (χ1v) is 10.2. The van der Waals surface area contributed by atoms with Crippen molar-refractivity contribution in [3.05, 3.63) is 72.4 Å². The molecule has 1 fully saturated rings. The van der Waals surface area contributed by atoms with Crippen molar-refractivity contribution in [1.29, 1.82) is 0 Å². The van der Waals surface area contributed by atoms with Gasteiger partial charge in [-0.1, -0.05) is 34.9 Å². The quantitative estimate of drug-likeness (QED) is 0.388. The van der Waals surface area contributed by atoms with Gasteiger partial charge < -0.3 is 14.9 Å². The van der Waals surface area contributed by atoms with Crippen LogP contribution in [0, 0.1) is 0 Å². The third-order valence-electron chi connectivity index (χ3n) is 5.33. The van der Waals surface area contributed by atoms with Crippen LogP contribution in [0.25, 0.3) is 0 Å². The summed E-state index contributed by atoms with van der Waals surface area (Å²) in [6.45, 7) is -0.474. The molecule has 4 amide bonds. The molecule has 11 nitrogen and oxygen atoms in total. The number of carbonyl (C=O) groups is 3. The van der Waals surface area contributed by atoms with Gasteiger partial charge in [-0.25, -0.2) is 10.1 Å². The molecular formula is C22H22N5O6+. The molecule has 11 heteroatoms. The van der Waals surface area contributed by atoms with E-state index in [-0.39, 0.29) is 17.7 Å². The minimum Gasteiger partial charge on any atom is -0.394 e. The van der Waals surface area contributed by atoms with Crippen LogP contribution >= 0.6 is 0 Å². The molecule has 4 atom stereocenters. The smallest absolute Gasteiger partial charge is 0.394 e. The van der Waals surface area contributed by atoms with Crippen LogP contribution in [0.5, 0.6) is 0 Å². The largest absolute Gasteiger partial charge is 0.455 e. The number of aliphatic hydroxyl groups excluding tert-OH is 2. The van der Waals surface area contributed by atoms with Gasteiger partial charge in [0.05, 0.1) is 42.1 Å². The molecule has 33 heavy (non-hydrogen) atoms. The maximum atomic E-state index is 13.3. The zero-order valence-corrected chi connectivity index (χ0v) is 17.4. The Bertz CT molecular complexity index is 1120. The van der Waals surface area contributed by atoms with Crippen LogP contribution in [0.4, 0.5) is 16.2 Å². The highest BCUT2D eigenvalue weighted by molar-refractivity contribution is 6.02. The molecule has 1 unspecified atom stereocenters. The topological polar surface area (TPSA) is 150 Å². The number of amides is 4. The van der Waals surface area contributed by atoms with E-state index in [2.05, 4.69) is 21.0 Å². The predicted octanol–water partition coefficient (Wildman–Crippen LogP) is 1.80. The summed E-state index contributed by atoms with van der Waals surface area (Å²) in [6, 6.07) is 14.5. The average Bonchev–Trinajstić information content (AvgIpc) is 3.21. The van der Waals surface area contributed by atoms with Gasteiger partial charge in [0.1, 0.15) is 12.3 Å². The number of benzene rings is 2. The van der Waals surface area contributed by atoms with Crippen LogP contribution in [0.3, 0.4) is 0 Å². The molecule has 0 aliphatic carbocycles. The summed E-state index contributed by atoms with van der Waals surface area (Å²) in [5.74, 6) is -1.34. The predicted molar refractivity (Wildman–Crippen MR) is 114 cm³/mol. The highest BCUT2D eigenvalue weighted by Gasteiger charge is 2.54. The Kier molecular flexibility index (Phi) is 6.38. The number of carbonyl (C=O) groups excluding carboxylic acids is 3. The molecule has 1 saturated heterocycles. The highest BCUT2D eigenvalue weighted by atomic mass is 16.6. The van der Waals surface area contributed by atoms with Gasteiger partial charge in [-0.15, -0.1) is 5.11 Å². The number of quaternary nitrogens is 1. The van der Waals surface area contributed by atoms with Gasteiger partial charge in [-0.05, 0) is 24.3 Å². The number of imide groups is 1. The van der Waals surface area contributed by atoms with Gasteiger partial charge >= 0.3 is 6.03 Å². The molecule has 4 N–H and O–H groups in total. The summed E-state index contributed by atoms with van der Waals surface area (Å²) >= 11 is 0. The van der Waals surface area contributed by atoms with Crippen molar-refractivity contribution in [2.45, 2.75) is 24.9 Å². The second kappa shape index (κ2) is 9.38. The zero-order chi connectivity index (χ0) is 23.4. The molecule has 2 aliphatic heterocycles. The summed E-state index contributed by atoms with van der Waals surface area (Å²) in [7, 11) is 0. The van der Waals surface area contributed by atoms with Crippen molar-refractivity contribution in [2.75, 3.05) is 6.61 Å². The van der Waals surface area contributed by atoms with E-state index in [1.54, 1.807) is 42.5 Å². The molecule has 170 valence electrons. The van der Waals surface area contributed by atoms with Crippen molar-refractivity contribution in [3.63, 3.8) is 0 Å². The molecule has 0 radical (unpaired) electrons. The van der Waals surface area contributed by atoms with E-state index in [0.717, 1.165) is 6.08 Å². The molecule has 2 aliphatic rings. The summed E-state index contributed by atoms with van der Waals surface area (Å²) in [5.41, 5.74) is 3.58. The molecule has 0 spiro atoms. The van der Waals surface area contributed by atoms with Crippen LogP contribution in [0.15, 0.2) is 77.1 Å². The minimum absolute atomic E-state index is 0.0627. The molecule has 0 bridgehead atoms. The van der Waals surface area contributed by atoms with E-state index >= 15 is 0 Å². The maximum Gasteiger partial charge on any atom is 0.455 e.